The maximum Gasteiger partial charge on any atom is 0.330 e. The van der Waals surface area contributed by atoms with Crippen LogP contribution < -0.4 is 16.6 Å². The van der Waals surface area contributed by atoms with E-state index in [1.165, 1.54) is 21.4 Å². The fraction of sp³-hybridized carbons (Fsp3) is 0.400. The van der Waals surface area contributed by atoms with Gasteiger partial charge >= 0.3 is 5.69 Å². The lowest BCUT2D eigenvalue weighted by atomic mass is 10.5. The summed E-state index contributed by atoms with van der Waals surface area (Å²) in [5.41, 5.74) is -0.554. The lowest BCUT2D eigenvalue weighted by molar-refractivity contribution is 0.559. The van der Waals surface area contributed by atoms with Crippen LogP contribution in [0.3, 0.4) is 0 Å². The molecule has 0 unspecified atom stereocenters. The van der Waals surface area contributed by atoms with Crippen molar-refractivity contribution in [3.8, 4) is 0 Å². The highest BCUT2D eigenvalue weighted by Gasteiger charge is 2.01. The minimum Gasteiger partial charge on any atom is -0.312 e. The molecule has 15 heavy (non-hydrogen) atoms. The van der Waals surface area contributed by atoms with Crippen molar-refractivity contribution in [1.29, 1.82) is 0 Å². The summed E-state index contributed by atoms with van der Waals surface area (Å²) >= 11 is 0. The first-order chi connectivity index (χ1) is 7.16. The first-order valence-corrected chi connectivity index (χ1v) is 4.75. The van der Waals surface area contributed by atoms with Gasteiger partial charge in [-0.25, -0.2) is 4.79 Å². The molecule has 1 aromatic rings. The van der Waals surface area contributed by atoms with Crippen molar-refractivity contribution < 1.29 is 0 Å². The van der Waals surface area contributed by atoms with Crippen LogP contribution in [-0.2, 0) is 13.6 Å². The van der Waals surface area contributed by atoms with Crippen molar-refractivity contribution in [2.45, 2.75) is 6.54 Å². The Kier molecular flexibility index (Phi) is 4.05. The molecule has 1 aromatic heterocycles. The topological polar surface area (TPSA) is 56.0 Å². The molecule has 82 valence electrons. The quantitative estimate of drug-likeness (QED) is 0.516. The maximum absolute atomic E-state index is 11.5. The molecule has 0 spiro atoms. The van der Waals surface area contributed by atoms with Crippen LogP contribution in [0.2, 0.25) is 0 Å². The van der Waals surface area contributed by atoms with Gasteiger partial charge in [0.1, 0.15) is 0 Å². The number of aryl methyl sites for hydroxylation is 1. The van der Waals surface area contributed by atoms with Crippen LogP contribution >= 0.6 is 0 Å². The van der Waals surface area contributed by atoms with Gasteiger partial charge < -0.3 is 9.88 Å². The Hall–Kier alpha value is -1.62. The van der Waals surface area contributed by atoms with Gasteiger partial charge in [-0.15, -0.1) is 6.58 Å². The number of nitrogens with zero attached hydrogens (tertiary/aromatic N) is 2. The second-order valence-electron chi connectivity index (χ2n) is 3.19. The van der Waals surface area contributed by atoms with E-state index in [1.54, 1.807) is 13.1 Å². The molecule has 0 atom stereocenters. The Morgan fingerprint density at radius 2 is 2.27 bits per heavy atom. The van der Waals surface area contributed by atoms with Crippen LogP contribution in [0.15, 0.2) is 34.5 Å². The number of nitrogens with one attached hydrogen (secondary N) is 1. The van der Waals surface area contributed by atoms with E-state index in [0.29, 0.717) is 19.6 Å². The molecule has 0 fully saturated rings. The van der Waals surface area contributed by atoms with Gasteiger partial charge in [-0.3, -0.25) is 9.36 Å². The summed E-state index contributed by atoms with van der Waals surface area (Å²) in [4.78, 5) is 22.9. The van der Waals surface area contributed by atoms with E-state index < -0.39 is 0 Å². The van der Waals surface area contributed by atoms with E-state index in [0.717, 1.165) is 0 Å². The third kappa shape index (κ3) is 2.92. The first-order valence-electron chi connectivity index (χ1n) is 4.75. The molecule has 1 heterocycles. The molecule has 0 saturated heterocycles. The Balaban J connectivity index is 2.76. The van der Waals surface area contributed by atoms with Crippen LogP contribution in [0.1, 0.15) is 0 Å². The molecule has 0 aliphatic rings. The molecule has 5 nitrogen and oxygen atoms in total. The largest absolute Gasteiger partial charge is 0.330 e. The van der Waals surface area contributed by atoms with Gasteiger partial charge in [0.05, 0.1) is 0 Å². The fourth-order valence-electron chi connectivity index (χ4n) is 1.21. The van der Waals surface area contributed by atoms with E-state index in [4.69, 9.17) is 0 Å². The summed E-state index contributed by atoms with van der Waals surface area (Å²) < 4.78 is 2.59. The highest BCUT2D eigenvalue weighted by molar-refractivity contribution is 4.85. The molecule has 0 saturated carbocycles. The minimum absolute atomic E-state index is 0.265. The van der Waals surface area contributed by atoms with Crippen molar-refractivity contribution in [2.75, 3.05) is 13.1 Å². The van der Waals surface area contributed by atoms with Gasteiger partial charge in [-0.1, -0.05) is 6.08 Å². The van der Waals surface area contributed by atoms with Gasteiger partial charge in [0, 0.05) is 38.9 Å². The van der Waals surface area contributed by atoms with E-state index in [1.807, 2.05) is 0 Å². The predicted molar refractivity (Wildman–Crippen MR) is 59.0 cm³/mol. The summed E-state index contributed by atoms with van der Waals surface area (Å²) in [7, 11) is 1.62. The van der Waals surface area contributed by atoms with Crippen LogP contribution in [0.5, 0.6) is 0 Å². The van der Waals surface area contributed by atoms with E-state index >= 15 is 0 Å². The zero-order chi connectivity index (χ0) is 11.3. The molecule has 0 radical (unpaired) electrons. The number of hydrogen-bond donors (Lipinski definition) is 1. The number of rotatable bonds is 5. The zero-order valence-corrected chi connectivity index (χ0v) is 8.77. The zero-order valence-electron chi connectivity index (χ0n) is 8.77. The number of hydrogen-bond acceptors (Lipinski definition) is 3. The Morgan fingerprint density at radius 3 is 2.93 bits per heavy atom. The molecule has 0 aliphatic carbocycles. The lowest BCUT2D eigenvalue weighted by Gasteiger charge is -2.06. The third-order valence-electron chi connectivity index (χ3n) is 2.04. The average molecular weight is 209 g/mol. The van der Waals surface area contributed by atoms with Crippen LogP contribution in [0.25, 0.3) is 0 Å². The molecular weight excluding hydrogens is 194 g/mol. The molecular formula is C10H15N3O2. The molecule has 1 rings (SSSR count). The van der Waals surface area contributed by atoms with E-state index in [9.17, 15) is 9.59 Å². The van der Waals surface area contributed by atoms with Crippen LogP contribution in [0.4, 0.5) is 0 Å². The van der Waals surface area contributed by atoms with Crippen molar-refractivity contribution in [3.63, 3.8) is 0 Å². The average Bonchev–Trinajstić information content (AvgIpc) is 2.23. The van der Waals surface area contributed by atoms with Gasteiger partial charge in [0.2, 0.25) is 0 Å². The standard InChI is InChI=1S/C10H15N3O2/c1-3-5-11-6-8-13-9(14)4-7-12(2)10(13)15/h3-4,7,11H,1,5-6,8H2,2H3. The van der Waals surface area contributed by atoms with Gasteiger partial charge in [0.25, 0.3) is 5.56 Å². The van der Waals surface area contributed by atoms with Crippen molar-refractivity contribution in [3.05, 3.63) is 45.8 Å². The van der Waals surface area contributed by atoms with Crippen molar-refractivity contribution in [2.24, 2.45) is 7.05 Å². The van der Waals surface area contributed by atoms with Crippen LogP contribution in [-0.4, -0.2) is 22.2 Å². The highest BCUT2D eigenvalue weighted by Crippen LogP contribution is 1.74. The highest BCUT2D eigenvalue weighted by atomic mass is 16.2. The van der Waals surface area contributed by atoms with Crippen molar-refractivity contribution in [1.82, 2.24) is 14.5 Å². The summed E-state index contributed by atoms with van der Waals surface area (Å²) in [6.07, 6.45) is 3.20. The second-order valence-corrected chi connectivity index (χ2v) is 3.19. The molecule has 0 amide bonds. The van der Waals surface area contributed by atoms with Gasteiger partial charge in [0.15, 0.2) is 0 Å². The molecule has 5 heteroatoms. The summed E-state index contributed by atoms with van der Waals surface area (Å²) in [6.45, 7) is 5.18. The first kappa shape index (κ1) is 11.5. The van der Waals surface area contributed by atoms with Gasteiger partial charge in [-0.2, -0.15) is 0 Å². The van der Waals surface area contributed by atoms with E-state index in [2.05, 4.69) is 11.9 Å². The summed E-state index contributed by atoms with van der Waals surface area (Å²) in [5, 5.41) is 3.03. The SMILES string of the molecule is C=CCNCCn1c(=O)ccn(C)c1=O. The Morgan fingerprint density at radius 1 is 1.53 bits per heavy atom. The maximum atomic E-state index is 11.5. The third-order valence-corrected chi connectivity index (χ3v) is 2.04. The predicted octanol–water partition coefficient (Wildman–Crippen LogP) is -0.677. The normalized spacial score (nSPS) is 10.2. The molecule has 1 N–H and O–H groups in total. The monoisotopic (exact) mass is 209 g/mol. The fourth-order valence-corrected chi connectivity index (χ4v) is 1.21. The van der Waals surface area contributed by atoms with Crippen molar-refractivity contribution >= 4 is 0 Å². The lowest BCUT2D eigenvalue weighted by Crippen LogP contribution is -2.40. The van der Waals surface area contributed by atoms with Gasteiger partial charge in [-0.05, 0) is 0 Å². The van der Waals surface area contributed by atoms with Crippen LogP contribution in [0, 0.1) is 0 Å². The molecule has 0 bridgehead atoms. The summed E-state index contributed by atoms with van der Waals surface area (Å²) in [6, 6.07) is 1.38. The molecule has 0 aliphatic heterocycles. The van der Waals surface area contributed by atoms with E-state index in [-0.39, 0.29) is 11.2 Å². The number of aromatic nitrogens is 2. The Bertz CT molecular complexity index is 445. The minimum atomic E-state index is -0.289. The second kappa shape index (κ2) is 5.31. The molecule has 0 aromatic carbocycles. The smallest absolute Gasteiger partial charge is 0.312 e. The summed E-state index contributed by atoms with van der Waals surface area (Å²) in [5.74, 6) is 0. The Labute approximate surface area is 87.7 Å².